The number of nitrogens with zero attached hydrogens (tertiary/aromatic N) is 1. The van der Waals surface area contributed by atoms with Gasteiger partial charge in [0.25, 0.3) is 11.8 Å². The maximum atomic E-state index is 12.7. The number of rotatable bonds is 5. The largest absolute Gasteiger partial charge is 0.455 e. The summed E-state index contributed by atoms with van der Waals surface area (Å²) in [6.07, 6.45) is 4.49. The van der Waals surface area contributed by atoms with Crippen LogP contribution in [0.15, 0.2) is 30.5 Å². The fourth-order valence-corrected chi connectivity index (χ4v) is 4.10. The topological polar surface area (TPSA) is 121 Å². The number of H-pyrrole nitrogens is 1. The number of carbonyl (C=O) groups excluding carboxylic acids is 4. The number of imide groups is 1. The van der Waals surface area contributed by atoms with Gasteiger partial charge in [-0.1, -0.05) is 25.1 Å². The van der Waals surface area contributed by atoms with Gasteiger partial charge in [0.15, 0.2) is 6.61 Å². The SMILES string of the molecule is CC1CCC2(CC1)NC(=O)N(NC(=O)COC(=O)Cc1c[nH]c3ccccc13)C2=O. The second kappa shape index (κ2) is 7.81. The first-order valence-electron chi connectivity index (χ1n) is 10.0. The van der Waals surface area contributed by atoms with E-state index in [2.05, 4.69) is 22.7 Å². The summed E-state index contributed by atoms with van der Waals surface area (Å²) >= 11 is 0. The lowest BCUT2D eigenvalue weighted by Gasteiger charge is -2.33. The minimum Gasteiger partial charge on any atom is -0.455 e. The number of benzene rings is 1. The number of para-hydroxylation sites is 1. The van der Waals surface area contributed by atoms with Crippen molar-refractivity contribution in [3.63, 3.8) is 0 Å². The van der Waals surface area contributed by atoms with Gasteiger partial charge in [-0.05, 0) is 43.2 Å². The summed E-state index contributed by atoms with van der Waals surface area (Å²) in [6.45, 7) is 1.53. The van der Waals surface area contributed by atoms with Gasteiger partial charge in [0.05, 0.1) is 6.42 Å². The van der Waals surface area contributed by atoms with Crippen LogP contribution >= 0.6 is 0 Å². The van der Waals surface area contributed by atoms with Crippen LogP contribution in [0.2, 0.25) is 0 Å². The van der Waals surface area contributed by atoms with Crippen LogP contribution < -0.4 is 10.7 Å². The Balaban J connectivity index is 1.30. The van der Waals surface area contributed by atoms with E-state index < -0.39 is 36.0 Å². The zero-order valence-electron chi connectivity index (χ0n) is 16.7. The molecule has 1 spiro atoms. The van der Waals surface area contributed by atoms with Gasteiger partial charge >= 0.3 is 12.0 Å². The normalized spacial score (nSPS) is 23.6. The molecule has 9 nitrogen and oxygen atoms in total. The number of hydrazine groups is 1. The maximum Gasteiger partial charge on any atom is 0.344 e. The van der Waals surface area contributed by atoms with Crippen molar-refractivity contribution < 1.29 is 23.9 Å². The predicted octanol–water partition coefficient (Wildman–Crippen LogP) is 1.79. The minimum absolute atomic E-state index is 0.00171. The molecule has 3 N–H and O–H groups in total. The van der Waals surface area contributed by atoms with Crippen molar-refractivity contribution in [2.45, 2.75) is 44.6 Å². The van der Waals surface area contributed by atoms with E-state index in [-0.39, 0.29) is 6.42 Å². The number of aromatic nitrogens is 1. The zero-order valence-corrected chi connectivity index (χ0v) is 16.7. The number of amides is 4. The summed E-state index contributed by atoms with van der Waals surface area (Å²) < 4.78 is 5.02. The van der Waals surface area contributed by atoms with Crippen LogP contribution in [-0.4, -0.2) is 46.0 Å². The average molecular weight is 412 g/mol. The second-order valence-corrected chi connectivity index (χ2v) is 8.07. The van der Waals surface area contributed by atoms with Gasteiger partial charge in [-0.3, -0.25) is 19.8 Å². The monoisotopic (exact) mass is 412 g/mol. The van der Waals surface area contributed by atoms with E-state index in [0.29, 0.717) is 23.8 Å². The summed E-state index contributed by atoms with van der Waals surface area (Å²) in [5.41, 5.74) is 2.98. The number of hydrogen-bond acceptors (Lipinski definition) is 5. The number of ether oxygens (including phenoxy) is 1. The molecule has 1 saturated heterocycles. The number of carbonyl (C=O) groups is 4. The van der Waals surface area contributed by atoms with Crippen molar-refractivity contribution in [1.29, 1.82) is 0 Å². The Labute approximate surface area is 173 Å². The van der Waals surface area contributed by atoms with Crippen LogP contribution in [0.25, 0.3) is 10.9 Å². The van der Waals surface area contributed by atoms with E-state index >= 15 is 0 Å². The fourth-order valence-electron chi connectivity index (χ4n) is 4.10. The molecule has 2 aromatic rings. The molecular weight excluding hydrogens is 388 g/mol. The highest BCUT2D eigenvalue weighted by molar-refractivity contribution is 6.08. The molecule has 0 radical (unpaired) electrons. The number of fused-ring (bicyclic) bond motifs is 1. The van der Waals surface area contributed by atoms with E-state index in [4.69, 9.17) is 4.74 Å². The first-order chi connectivity index (χ1) is 14.4. The average Bonchev–Trinajstić information content (AvgIpc) is 3.23. The van der Waals surface area contributed by atoms with E-state index in [0.717, 1.165) is 29.3 Å². The van der Waals surface area contributed by atoms with Crippen molar-refractivity contribution in [3.8, 4) is 0 Å². The molecule has 2 aliphatic rings. The van der Waals surface area contributed by atoms with Gasteiger partial charge in [-0.15, -0.1) is 0 Å². The molecular formula is C21H24N4O5. The molecule has 2 heterocycles. The van der Waals surface area contributed by atoms with Gasteiger partial charge < -0.3 is 15.0 Å². The van der Waals surface area contributed by atoms with Crippen LogP contribution in [0.1, 0.15) is 38.2 Å². The molecule has 9 heteroatoms. The lowest BCUT2D eigenvalue weighted by Crippen LogP contribution is -2.52. The Morgan fingerprint density at radius 1 is 1.23 bits per heavy atom. The van der Waals surface area contributed by atoms with Crippen LogP contribution in [0, 0.1) is 5.92 Å². The standard InChI is InChI=1S/C21H24N4O5/c1-13-6-8-21(9-7-13)19(28)25(20(29)23-21)24-17(26)12-30-18(27)10-14-11-22-16-5-3-2-4-15(14)16/h2-5,11,13,22H,6-10,12H2,1H3,(H,23,29)(H,24,26). The maximum absolute atomic E-state index is 12.7. The minimum atomic E-state index is -0.942. The lowest BCUT2D eigenvalue weighted by molar-refractivity contribution is -0.150. The molecule has 1 aliphatic carbocycles. The Kier molecular flexibility index (Phi) is 5.19. The van der Waals surface area contributed by atoms with Gasteiger partial charge in [-0.25, -0.2) is 4.79 Å². The molecule has 2 fully saturated rings. The molecule has 1 aromatic carbocycles. The van der Waals surface area contributed by atoms with E-state index in [1.165, 1.54) is 0 Å². The van der Waals surface area contributed by atoms with Gasteiger partial charge in [0, 0.05) is 17.1 Å². The molecule has 0 bridgehead atoms. The first kappa shape index (κ1) is 19.9. The highest BCUT2D eigenvalue weighted by Crippen LogP contribution is 2.35. The van der Waals surface area contributed by atoms with Gasteiger partial charge in [0.2, 0.25) is 0 Å². The third-order valence-electron chi connectivity index (χ3n) is 5.90. The Hall–Kier alpha value is -3.36. The summed E-state index contributed by atoms with van der Waals surface area (Å²) in [4.78, 5) is 52.3. The van der Waals surface area contributed by atoms with Crippen molar-refractivity contribution in [2.75, 3.05) is 6.61 Å². The van der Waals surface area contributed by atoms with E-state index in [9.17, 15) is 19.2 Å². The summed E-state index contributed by atoms with van der Waals surface area (Å²) in [5, 5.41) is 4.33. The van der Waals surface area contributed by atoms with Crippen molar-refractivity contribution in [3.05, 3.63) is 36.0 Å². The molecule has 4 amide bonds. The predicted molar refractivity (Wildman–Crippen MR) is 107 cm³/mol. The first-order valence-corrected chi connectivity index (χ1v) is 10.0. The fraction of sp³-hybridized carbons (Fsp3) is 0.429. The van der Waals surface area contributed by atoms with Crippen LogP contribution in [0.4, 0.5) is 4.79 Å². The van der Waals surface area contributed by atoms with E-state index in [1.54, 1.807) is 6.20 Å². The summed E-state index contributed by atoms with van der Waals surface area (Å²) in [7, 11) is 0. The molecule has 1 aromatic heterocycles. The van der Waals surface area contributed by atoms with E-state index in [1.807, 2.05) is 24.3 Å². The second-order valence-electron chi connectivity index (χ2n) is 8.07. The highest BCUT2D eigenvalue weighted by Gasteiger charge is 2.52. The number of esters is 1. The molecule has 4 rings (SSSR count). The smallest absolute Gasteiger partial charge is 0.344 e. The Bertz CT molecular complexity index is 1010. The molecule has 0 unspecified atom stereocenters. The lowest BCUT2D eigenvalue weighted by atomic mass is 9.77. The number of urea groups is 1. The molecule has 1 saturated carbocycles. The third-order valence-corrected chi connectivity index (χ3v) is 5.90. The quantitative estimate of drug-likeness (QED) is 0.511. The van der Waals surface area contributed by atoms with Crippen LogP contribution in [0.5, 0.6) is 0 Å². The number of aromatic amines is 1. The van der Waals surface area contributed by atoms with Crippen LogP contribution in [0.3, 0.4) is 0 Å². The molecule has 0 atom stereocenters. The third kappa shape index (κ3) is 3.74. The molecule has 158 valence electrons. The van der Waals surface area contributed by atoms with Gasteiger partial charge in [0.1, 0.15) is 5.54 Å². The Morgan fingerprint density at radius 3 is 2.73 bits per heavy atom. The van der Waals surface area contributed by atoms with Gasteiger partial charge in [-0.2, -0.15) is 5.01 Å². The molecule has 1 aliphatic heterocycles. The van der Waals surface area contributed by atoms with Crippen molar-refractivity contribution in [1.82, 2.24) is 20.7 Å². The summed E-state index contributed by atoms with van der Waals surface area (Å²) in [6, 6.07) is 6.89. The summed E-state index contributed by atoms with van der Waals surface area (Å²) in [5.74, 6) is -1.28. The van der Waals surface area contributed by atoms with Crippen molar-refractivity contribution in [2.24, 2.45) is 5.92 Å². The Morgan fingerprint density at radius 2 is 1.97 bits per heavy atom. The number of nitrogens with one attached hydrogen (secondary N) is 3. The zero-order chi connectivity index (χ0) is 21.3. The highest BCUT2D eigenvalue weighted by atomic mass is 16.5. The van der Waals surface area contributed by atoms with Crippen molar-refractivity contribution >= 4 is 34.7 Å². The number of hydrogen-bond donors (Lipinski definition) is 3. The van der Waals surface area contributed by atoms with Crippen LogP contribution in [-0.2, 0) is 25.5 Å². The molecule has 30 heavy (non-hydrogen) atoms.